The van der Waals surface area contributed by atoms with Crippen molar-refractivity contribution >= 4 is 20.0 Å². The lowest BCUT2D eigenvalue weighted by Gasteiger charge is -2.25. The van der Waals surface area contributed by atoms with Crippen LogP contribution in [0.5, 0.6) is 0 Å². The third kappa shape index (κ3) is 3.28. The van der Waals surface area contributed by atoms with Crippen molar-refractivity contribution in [2.75, 3.05) is 27.2 Å². The van der Waals surface area contributed by atoms with Crippen LogP contribution >= 0.6 is 0 Å². The number of piperidine rings is 1. The second-order valence-corrected chi connectivity index (χ2v) is 9.31. The molecule has 1 aromatic carbocycles. The van der Waals surface area contributed by atoms with Crippen LogP contribution in [0.4, 0.5) is 0 Å². The van der Waals surface area contributed by atoms with Gasteiger partial charge in [-0.3, -0.25) is 0 Å². The molecule has 0 atom stereocenters. The molecule has 1 aliphatic rings. The minimum atomic E-state index is -3.54. The van der Waals surface area contributed by atoms with Gasteiger partial charge in [-0.25, -0.2) is 21.1 Å². The summed E-state index contributed by atoms with van der Waals surface area (Å²) in [6.45, 7) is 1.06. The lowest BCUT2D eigenvalue weighted by atomic mass is 10.2. The maximum absolute atomic E-state index is 12.4. The summed E-state index contributed by atoms with van der Waals surface area (Å²) in [7, 11) is -4.18. The van der Waals surface area contributed by atoms with E-state index in [4.69, 9.17) is 0 Å². The fraction of sp³-hybridized carbons (Fsp3) is 0.538. The Hall–Kier alpha value is -0.960. The van der Waals surface area contributed by atoms with E-state index in [1.807, 2.05) is 0 Å². The van der Waals surface area contributed by atoms with E-state index >= 15 is 0 Å². The molecule has 1 saturated heterocycles. The van der Waals surface area contributed by atoms with Crippen LogP contribution < -0.4 is 0 Å². The van der Waals surface area contributed by atoms with Crippen LogP contribution in [0, 0.1) is 0 Å². The first kappa shape index (κ1) is 16.4. The molecule has 0 aliphatic carbocycles. The molecule has 6 nitrogen and oxygen atoms in total. The van der Waals surface area contributed by atoms with E-state index in [0.29, 0.717) is 13.1 Å². The summed E-state index contributed by atoms with van der Waals surface area (Å²) in [5.74, 6) is 0. The van der Waals surface area contributed by atoms with Gasteiger partial charge in [0, 0.05) is 27.2 Å². The van der Waals surface area contributed by atoms with Crippen LogP contribution in [0.3, 0.4) is 0 Å². The highest BCUT2D eigenvalue weighted by Gasteiger charge is 2.26. The second kappa shape index (κ2) is 6.04. The van der Waals surface area contributed by atoms with Gasteiger partial charge < -0.3 is 0 Å². The highest BCUT2D eigenvalue weighted by Crippen LogP contribution is 2.22. The molecule has 0 unspecified atom stereocenters. The molecule has 0 aromatic heterocycles. The van der Waals surface area contributed by atoms with Crippen molar-refractivity contribution < 1.29 is 16.8 Å². The zero-order valence-corrected chi connectivity index (χ0v) is 13.8. The average Bonchev–Trinajstić information content (AvgIpc) is 2.48. The fourth-order valence-electron chi connectivity index (χ4n) is 2.25. The van der Waals surface area contributed by atoms with Crippen molar-refractivity contribution in [3.05, 3.63) is 24.3 Å². The Labute approximate surface area is 126 Å². The SMILES string of the molecule is CN(C)S(=O)(=O)c1ccc(S(=O)(=O)N2CCCCC2)cc1. The number of benzene rings is 1. The number of hydrogen-bond acceptors (Lipinski definition) is 4. The van der Waals surface area contributed by atoms with Crippen molar-refractivity contribution in [2.24, 2.45) is 0 Å². The summed E-state index contributed by atoms with van der Waals surface area (Å²) in [6.07, 6.45) is 2.78. The predicted octanol–water partition coefficient (Wildman–Crippen LogP) is 1.11. The van der Waals surface area contributed by atoms with E-state index in [9.17, 15) is 16.8 Å². The molecule has 1 aliphatic heterocycles. The average molecular weight is 332 g/mol. The van der Waals surface area contributed by atoms with Gasteiger partial charge in [0.25, 0.3) is 0 Å². The van der Waals surface area contributed by atoms with Crippen LogP contribution in [0.15, 0.2) is 34.1 Å². The van der Waals surface area contributed by atoms with Gasteiger partial charge >= 0.3 is 0 Å². The molecular formula is C13H20N2O4S2. The topological polar surface area (TPSA) is 74.8 Å². The van der Waals surface area contributed by atoms with E-state index in [1.165, 1.54) is 42.7 Å². The Balaban J connectivity index is 2.30. The third-order valence-corrected chi connectivity index (χ3v) is 7.30. The number of hydrogen-bond donors (Lipinski definition) is 0. The van der Waals surface area contributed by atoms with Gasteiger partial charge in [-0.1, -0.05) is 6.42 Å². The van der Waals surface area contributed by atoms with E-state index < -0.39 is 20.0 Å². The van der Waals surface area contributed by atoms with Crippen LogP contribution in [-0.4, -0.2) is 52.6 Å². The largest absolute Gasteiger partial charge is 0.243 e. The molecule has 118 valence electrons. The van der Waals surface area contributed by atoms with Crippen molar-refractivity contribution in [1.82, 2.24) is 8.61 Å². The number of rotatable bonds is 4. The van der Waals surface area contributed by atoms with E-state index in [-0.39, 0.29) is 9.79 Å². The molecule has 0 N–H and O–H groups in total. The molecular weight excluding hydrogens is 312 g/mol. The monoisotopic (exact) mass is 332 g/mol. The minimum absolute atomic E-state index is 0.0881. The quantitative estimate of drug-likeness (QED) is 0.828. The van der Waals surface area contributed by atoms with Crippen LogP contribution in [-0.2, 0) is 20.0 Å². The normalized spacial score (nSPS) is 18.0. The van der Waals surface area contributed by atoms with Crippen molar-refractivity contribution in [3.63, 3.8) is 0 Å². The highest BCUT2D eigenvalue weighted by atomic mass is 32.2. The molecule has 0 bridgehead atoms. The van der Waals surface area contributed by atoms with E-state index in [0.717, 1.165) is 23.6 Å². The molecule has 0 radical (unpaired) electrons. The van der Waals surface area contributed by atoms with Crippen molar-refractivity contribution in [1.29, 1.82) is 0 Å². The van der Waals surface area contributed by atoms with E-state index in [2.05, 4.69) is 0 Å². The standard InChI is InChI=1S/C13H20N2O4S2/c1-14(2)20(16,17)12-6-8-13(9-7-12)21(18,19)15-10-4-3-5-11-15/h6-9H,3-5,10-11H2,1-2H3. The molecule has 1 aromatic rings. The summed E-state index contributed by atoms with van der Waals surface area (Å²) >= 11 is 0. The number of sulfonamides is 2. The second-order valence-electron chi connectivity index (χ2n) is 5.22. The fourth-order valence-corrected chi connectivity index (χ4v) is 4.67. The minimum Gasteiger partial charge on any atom is -0.207 e. The van der Waals surface area contributed by atoms with E-state index in [1.54, 1.807) is 0 Å². The first-order valence-electron chi connectivity index (χ1n) is 6.79. The summed E-state index contributed by atoms with van der Waals surface area (Å²) in [5, 5.41) is 0. The maximum atomic E-state index is 12.4. The highest BCUT2D eigenvalue weighted by molar-refractivity contribution is 7.89. The first-order valence-corrected chi connectivity index (χ1v) is 9.67. The Kier molecular flexibility index (Phi) is 4.72. The predicted molar refractivity (Wildman–Crippen MR) is 79.9 cm³/mol. The van der Waals surface area contributed by atoms with Gasteiger partial charge in [0.1, 0.15) is 0 Å². The molecule has 0 amide bonds. The lowest BCUT2D eigenvalue weighted by molar-refractivity contribution is 0.346. The summed E-state index contributed by atoms with van der Waals surface area (Å²) in [4.78, 5) is 0.229. The van der Waals surface area contributed by atoms with Crippen molar-refractivity contribution in [2.45, 2.75) is 29.1 Å². The zero-order valence-electron chi connectivity index (χ0n) is 12.2. The maximum Gasteiger partial charge on any atom is 0.243 e. The lowest BCUT2D eigenvalue weighted by Crippen LogP contribution is -2.35. The van der Waals surface area contributed by atoms with Gasteiger partial charge in [-0.05, 0) is 37.1 Å². The molecule has 21 heavy (non-hydrogen) atoms. The van der Waals surface area contributed by atoms with Gasteiger partial charge in [-0.2, -0.15) is 4.31 Å². The summed E-state index contributed by atoms with van der Waals surface area (Å²) in [6, 6.07) is 5.40. The molecule has 1 fully saturated rings. The van der Waals surface area contributed by atoms with Crippen LogP contribution in [0.25, 0.3) is 0 Å². The molecule has 0 saturated carbocycles. The zero-order chi connectivity index (χ0) is 15.7. The van der Waals surface area contributed by atoms with Crippen LogP contribution in [0.1, 0.15) is 19.3 Å². The summed E-state index contributed by atoms with van der Waals surface area (Å²) in [5.41, 5.74) is 0. The third-order valence-electron chi connectivity index (χ3n) is 3.56. The van der Waals surface area contributed by atoms with Gasteiger partial charge in [0.05, 0.1) is 9.79 Å². The first-order chi connectivity index (χ1) is 9.76. The molecule has 0 spiro atoms. The molecule has 1 heterocycles. The van der Waals surface area contributed by atoms with Crippen LogP contribution in [0.2, 0.25) is 0 Å². The smallest absolute Gasteiger partial charge is 0.207 e. The molecule has 8 heteroatoms. The van der Waals surface area contributed by atoms with Crippen molar-refractivity contribution in [3.8, 4) is 0 Å². The van der Waals surface area contributed by atoms with Gasteiger partial charge in [0.2, 0.25) is 20.0 Å². The van der Waals surface area contributed by atoms with Gasteiger partial charge in [-0.15, -0.1) is 0 Å². The molecule has 2 rings (SSSR count). The Morgan fingerprint density at radius 2 is 1.33 bits per heavy atom. The Bertz CT molecular complexity index is 688. The Morgan fingerprint density at radius 3 is 1.81 bits per heavy atom. The Morgan fingerprint density at radius 1 is 0.857 bits per heavy atom. The number of nitrogens with zero attached hydrogens (tertiary/aromatic N) is 2. The summed E-state index contributed by atoms with van der Waals surface area (Å²) < 4.78 is 51.4. The van der Waals surface area contributed by atoms with Gasteiger partial charge in [0.15, 0.2) is 0 Å².